The Morgan fingerprint density at radius 2 is 1.73 bits per heavy atom. The molecule has 3 aliphatic carbocycles. The summed E-state index contributed by atoms with van der Waals surface area (Å²) in [4.78, 5) is 0. The summed E-state index contributed by atoms with van der Waals surface area (Å²) in [7, 11) is 0. The molecule has 1 atom stereocenters. The van der Waals surface area contributed by atoms with Crippen LogP contribution in [0.3, 0.4) is 0 Å². The normalized spacial score (nSPS) is 53.5. The number of fused-ring (bicyclic) bond motifs is 2. The summed E-state index contributed by atoms with van der Waals surface area (Å²) in [6, 6.07) is 0.444. The summed E-state index contributed by atoms with van der Waals surface area (Å²) in [5.74, 6) is 0.961. The summed E-state index contributed by atoms with van der Waals surface area (Å²) < 4.78 is 0. The third-order valence-electron chi connectivity index (χ3n) is 4.55. The molecule has 64 valence electrons. The molecule has 0 amide bonds. The van der Waals surface area contributed by atoms with Gasteiger partial charge in [-0.25, -0.2) is 0 Å². The van der Waals surface area contributed by atoms with Crippen LogP contribution in [-0.4, -0.2) is 6.04 Å². The van der Waals surface area contributed by atoms with Crippen molar-refractivity contribution in [2.45, 2.75) is 46.1 Å². The van der Waals surface area contributed by atoms with Gasteiger partial charge in [-0.15, -0.1) is 0 Å². The van der Waals surface area contributed by atoms with Gasteiger partial charge in [0.1, 0.15) is 0 Å². The first kappa shape index (κ1) is 7.60. The van der Waals surface area contributed by atoms with Crippen molar-refractivity contribution in [1.82, 2.24) is 0 Å². The lowest BCUT2D eigenvalue weighted by atomic mass is 9.43. The molecule has 0 heterocycles. The van der Waals surface area contributed by atoms with Crippen LogP contribution in [0.1, 0.15) is 40.0 Å². The smallest absolute Gasteiger partial charge is 0.00981 e. The molecule has 3 rings (SSSR count). The van der Waals surface area contributed by atoms with Crippen LogP contribution < -0.4 is 5.73 Å². The predicted octanol–water partition coefficient (Wildman–Crippen LogP) is 2.16. The van der Waals surface area contributed by atoms with E-state index in [2.05, 4.69) is 20.8 Å². The van der Waals surface area contributed by atoms with Crippen molar-refractivity contribution in [1.29, 1.82) is 0 Å². The van der Waals surface area contributed by atoms with E-state index in [4.69, 9.17) is 5.73 Å². The van der Waals surface area contributed by atoms with Crippen molar-refractivity contribution in [2.24, 2.45) is 22.5 Å². The van der Waals surface area contributed by atoms with E-state index < -0.39 is 0 Å². The standard InChI is InChI=1S/C10H19N/c1-9(2)8(11)4-7-5-10(9,3)6-7/h7-8H,4-6,11H2,1-3H3. The summed E-state index contributed by atoms with van der Waals surface area (Å²) >= 11 is 0. The molecule has 3 saturated carbocycles. The molecule has 0 aromatic rings. The SMILES string of the molecule is CC12CC(CC(N)C1(C)C)C2. The van der Waals surface area contributed by atoms with Gasteiger partial charge in [-0.3, -0.25) is 0 Å². The summed E-state index contributed by atoms with van der Waals surface area (Å²) in [6.45, 7) is 7.09. The fourth-order valence-corrected chi connectivity index (χ4v) is 3.01. The fourth-order valence-electron chi connectivity index (χ4n) is 3.01. The minimum atomic E-state index is 0.377. The van der Waals surface area contributed by atoms with Crippen LogP contribution in [0.5, 0.6) is 0 Å². The van der Waals surface area contributed by atoms with Crippen molar-refractivity contribution in [3.63, 3.8) is 0 Å². The van der Waals surface area contributed by atoms with Gasteiger partial charge < -0.3 is 5.73 Å². The van der Waals surface area contributed by atoms with Gasteiger partial charge in [0.15, 0.2) is 0 Å². The molecule has 1 unspecified atom stereocenters. The van der Waals surface area contributed by atoms with Crippen molar-refractivity contribution in [3.05, 3.63) is 0 Å². The Balaban J connectivity index is 2.26. The Morgan fingerprint density at radius 1 is 1.18 bits per heavy atom. The van der Waals surface area contributed by atoms with Crippen LogP contribution in [0.2, 0.25) is 0 Å². The molecular weight excluding hydrogens is 134 g/mol. The lowest BCUT2D eigenvalue weighted by Crippen LogP contribution is -2.60. The summed E-state index contributed by atoms with van der Waals surface area (Å²) in [5, 5.41) is 0. The molecule has 2 N–H and O–H groups in total. The highest BCUT2D eigenvalue weighted by atomic mass is 14.8. The minimum absolute atomic E-state index is 0.377. The molecule has 0 spiro atoms. The zero-order chi connectivity index (χ0) is 8.28. The van der Waals surface area contributed by atoms with E-state index in [1.54, 1.807) is 0 Å². The second-order valence-corrected chi connectivity index (χ2v) is 5.40. The highest BCUT2D eigenvalue weighted by molar-refractivity contribution is 5.09. The van der Waals surface area contributed by atoms with Gasteiger partial charge in [-0.2, -0.15) is 0 Å². The van der Waals surface area contributed by atoms with E-state index in [1.807, 2.05) is 0 Å². The Kier molecular flexibility index (Phi) is 1.26. The van der Waals surface area contributed by atoms with Crippen LogP contribution in [0, 0.1) is 16.7 Å². The zero-order valence-electron chi connectivity index (χ0n) is 7.85. The van der Waals surface area contributed by atoms with Crippen LogP contribution >= 0.6 is 0 Å². The average Bonchev–Trinajstić information content (AvgIpc) is 1.79. The number of hydrogen-bond donors (Lipinski definition) is 1. The highest BCUT2D eigenvalue weighted by Crippen LogP contribution is 2.63. The van der Waals surface area contributed by atoms with Gasteiger partial charge in [-0.1, -0.05) is 20.8 Å². The quantitative estimate of drug-likeness (QED) is 0.567. The van der Waals surface area contributed by atoms with E-state index in [-0.39, 0.29) is 0 Å². The van der Waals surface area contributed by atoms with Gasteiger partial charge in [0.05, 0.1) is 0 Å². The topological polar surface area (TPSA) is 26.0 Å². The molecule has 0 aromatic heterocycles. The zero-order valence-corrected chi connectivity index (χ0v) is 7.85. The van der Waals surface area contributed by atoms with E-state index in [0.29, 0.717) is 16.9 Å². The molecule has 11 heavy (non-hydrogen) atoms. The van der Waals surface area contributed by atoms with Gasteiger partial charge >= 0.3 is 0 Å². The second-order valence-electron chi connectivity index (χ2n) is 5.40. The molecule has 1 nitrogen and oxygen atoms in total. The number of nitrogens with two attached hydrogens (primary N) is 1. The van der Waals surface area contributed by atoms with Crippen molar-refractivity contribution < 1.29 is 0 Å². The summed E-state index contributed by atoms with van der Waals surface area (Å²) in [5.41, 5.74) is 7.06. The first-order chi connectivity index (χ1) is 4.96. The molecule has 1 heteroatoms. The molecular formula is C10H19N. The van der Waals surface area contributed by atoms with Crippen LogP contribution in [-0.2, 0) is 0 Å². The maximum absolute atomic E-state index is 6.12. The largest absolute Gasteiger partial charge is 0.327 e. The van der Waals surface area contributed by atoms with Crippen molar-refractivity contribution in [2.75, 3.05) is 0 Å². The molecule has 3 aliphatic rings. The van der Waals surface area contributed by atoms with Crippen molar-refractivity contribution >= 4 is 0 Å². The Bertz CT molecular complexity index is 175. The number of hydrogen-bond acceptors (Lipinski definition) is 1. The second kappa shape index (κ2) is 1.82. The molecule has 0 saturated heterocycles. The monoisotopic (exact) mass is 153 g/mol. The van der Waals surface area contributed by atoms with Crippen LogP contribution in [0.15, 0.2) is 0 Å². The average molecular weight is 153 g/mol. The highest BCUT2D eigenvalue weighted by Gasteiger charge is 2.57. The van der Waals surface area contributed by atoms with Gasteiger partial charge in [0, 0.05) is 6.04 Å². The molecule has 0 radical (unpaired) electrons. The van der Waals surface area contributed by atoms with Gasteiger partial charge in [0.2, 0.25) is 0 Å². The Hall–Kier alpha value is -0.0400. The lowest BCUT2D eigenvalue weighted by molar-refractivity contribution is -0.114. The van der Waals surface area contributed by atoms with E-state index in [9.17, 15) is 0 Å². The van der Waals surface area contributed by atoms with Gasteiger partial charge in [0.25, 0.3) is 0 Å². The molecule has 0 aromatic carbocycles. The maximum Gasteiger partial charge on any atom is 0.00981 e. The predicted molar refractivity (Wildman–Crippen MR) is 47.2 cm³/mol. The van der Waals surface area contributed by atoms with Crippen LogP contribution in [0.25, 0.3) is 0 Å². The van der Waals surface area contributed by atoms with E-state index >= 15 is 0 Å². The third kappa shape index (κ3) is 0.752. The third-order valence-corrected chi connectivity index (χ3v) is 4.55. The maximum atomic E-state index is 6.12. The molecule has 3 fully saturated rings. The lowest BCUT2D eigenvalue weighted by Gasteiger charge is -2.63. The Morgan fingerprint density at radius 3 is 2.09 bits per heavy atom. The first-order valence-electron chi connectivity index (χ1n) is 4.71. The molecule has 2 bridgehead atoms. The summed E-state index contributed by atoms with van der Waals surface area (Å²) in [6.07, 6.45) is 4.12. The van der Waals surface area contributed by atoms with Gasteiger partial charge in [-0.05, 0) is 36.0 Å². The van der Waals surface area contributed by atoms with Crippen molar-refractivity contribution in [3.8, 4) is 0 Å². The number of rotatable bonds is 0. The molecule has 0 aliphatic heterocycles. The Labute approximate surface area is 69.4 Å². The van der Waals surface area contributed by atoms with E-state index in [1.165, 1.54) is 19.3 Å². The van der Waals surface area contributed by atoms with Crippen LogP contribution in [0.4, 0.5) is 0 Å². The first-order valence-corrected chi connectivity index (χ1v) is 4.71. The minimum Gasteiger partial charge on any atom is -0.327 e. The van der Waals surface area contributed by atoms with E-state index in [0.717, 1.165) is 5.92 Å². The fraction of sp³-hybridized carbons (Fsp3) is 1.00.